The Kier molecular flexibility index (Phi) is 1.98. The van der Waals surface area contributed by atoms with Crippen molar-refractivity contribution in [3.05, 3.63) is 35.4 Å². The van der Waals surface area contributed by atoms with Gasteiger partial charge in [0.2, 0.25) is 5.69 Å². The molecule has 1 rings (SSSR count). The molecule has 0 radical (unpaired) electrons. The fourth-order valence-electron chi connectivity index (χ4n) is 0.576. The Bertz CT molecular complexity index is 247. The van der Waals surface area contributed by atoms with E-state index in [9.17, 15) is 0 Å². The van der Waals surface area contributed by atoms with E-state index in [1.807, 2.05) is 0 Å². The molecule has 0 aromatic carbocycles. The molecule has 0 unspecified atom stereocenters. The van der Waals surface area contributed by atoms with Crippen LogP contribution in [0.2, 0.25) is 0 Å². The van der Waals surface area contributed by atoms with Crippen molar-refractivity contribution in [1.82, 2.24) is 4.98 Å². The average molecular weight is 134 g/mol. The van der Waals surface area contributed by atoms with Gasteiger partial charge in [-0.1, -0.05) is 6.07 Å². The molecule has 0 spiro atoms. The van der Waals surface area contributed by atoms with Gasteiger partial charge in [0.15, 0.2) is 0 Å². The highest BCUT2D eigenvalue weighted by atomic mass is 16.3. The number of aliphatic hydroxyl groups excluding tert-OH is 1. The van der Waals surface area contributed by atoms with E-state index in [1.165, 1.54) is 6.20 Å². The van der Waals surface area contributed by atoms with E-state index >= 15 is 0 Å². The molecule has 50 valence electrons. The predicted octanol–water partition coefficient (Wildman–Crippen LogP) is 1.12. The molecule has 0 saturated carbocycles. The van der Waals surface area contributed by atoms with Crippen molar-refractivity contribution in [2.24, 2.45) is 0 Å². The predicted molar refractivity (Wildman–Crippen MR) is 36.4 cm³/mol. The Labute approximate surface area is 58.8 Å². The summed E-state index contributed by atoms with van der Waals surface area (Å²) in [6, 6.07) is 3.26. The van der Waals surface area contributed by atoms with Gasteiger partial charge in [-0.2, -0.15) is 0 Å². The summed E-state index contributed by atoms with van der Waals surface area (Å²) in [5.41, 5.74) is 1.09. The van der Waals surface area contributed by atoms with Gasteiger partial charge in [0, 0.05) is 6.20 Å². The van der Waals surface area contributed by atoms with Crippen LogP contribution in [0.1, 0.15) is 5.69 Å². The topological polar surface area (TPSA) is 37.5 Å². The van der Waals surface area contributed by atoms with Gasteiger partial charge >= 0.3 is 0 Å². The van der Waals surface area contributed by atoms with Gasteiger partial charge in [-0.25, -0.2) is 4.85 Å². The Morgan fingerprint density at radius 1 is 1.60 bits per heavy atom. The van der Waals surface area contributed by atoms with Crippen LogP contribution in [0.15, 0.2) is 18.3 Å². The van der Waals surface area contributed by atoms with Gasteiger partial charge in [-0.3, -0.25) is 4.98 Å². The molecule has 1 aromatic heterocycles. The fraction of sp³-hybridized carbons (Fsp3) is 0.143. The zero-order chi connectivity index (χ0) is 7.40. The van der Waals surface area contributed by atoms with E-state index in [2.05, 4.69) is 9.83 Å². The van der Waals surface area contributed by atoms with Crippen LogP contribution in [0.3, 0.4) is 0 Å². The largest absolute Gasteiger partial charge is 0.390 e. The average Bonchev–Trinajstić information content (AvgIpc) is 2.05. The highest BCUT2D eigenvalue weighted by Crippen LogP contribution is 2.08. The Morgan fingerprint density at radius 3 is 2.80 bits per heavy atom. The second-order valence-corrected chi connectivity index (χ2v) is 1.78. The maximum absolute atomic E-state index is 8.56. The van der Waals surface area contributed by atoms with Crippen molar-refractivity contribution in [1.29, 1.82) is 0 Å². The van der Waals surface area contributed by atoms with Crippen LogP contribution in [-0.2, 0) is 6.61 Å². The first kappa shape index (κ1) is 6.72. The van der Waals surface area contributed by atoms with Crippen LogP contribution >= 0.6 is 0 Å². The second-order valence-electron chi connectivity index (χ2n) is 1.78. The van der Waals surface area contributed by atoms with Crippen molar-refractivity contribution >= 4 is 5.69 Å². The molecule has 0 aliphatic rings. The lowest BCUT2D eigenvalue weighted by Gasteiger charge is -1.92. The molecule has 0 amide bonds. The fourth-order valence-corrected chi connectivity index (χ4v) is 0.576. The Morgan fingerprint density at radius 2 is 2.40 bits per heavy atom. The minimum atomic E-state index is -0.0712. The lowest BCUT2D eigenvalue weighted by Crippen LogP contribution is -1.85. The van der Waals surface area contributed by atoms with Crippen LogP contribution in [0.4, 0.5) is 5.69 Å². The third kappa shape index (κ3) is 1.30. The van der Waals surface area contributed by atoms with Crippen molar-refractivity contribution in [2.45, 2.75) is 6.61 Å². The molecule has 0 atom stereocenters. The Balaban J connectivity index is 2.93. The van der Waals surface area contributed by atoms with Gasteiger partial charge in [-0.15, -0.1) is 0 Å². The van der Waals surface area contributed by atoms with E-state index in [0.29, 0.717) is 11.4 Å². The number of rotatable bonds is 1. The number of nitrogens with zero attached hydrogens (tertiary/aromatic N) is 2. The summed E-state index contributed by atoms with van der Waals surface area (Å²) in [5.74, 6) is 0. The van der Waals surface area contributed by atoms with E-state index < -0.39 is 0 Å². The highest BCUT2D eigenvalue weighted by molar-refractivity contribution is 5.41. The first-order chi connectivity index (χ1) is 4.86. The van der Waals surface area contributed by atoms with E-state index in [4.69, 9.17) is 11.7 Å². The molecule has 1 aromatic rings. The van der Waals surface area contributed by atoms with Gasteiger partial charge in [0.1, 0.15) is 0 Å². The van der Waals surface area contributed by atoms with E-state index in [0.717, 1.165) is 0 Å². The van der Waals surface area contributed by atoms with Crippen LogP contribution < -0.4 is 0 Å². The van der Waals surface area contributed by atoms with E-state index in [-0.39, 0.29) is 6.61 Å². The van der Waals surface area contributed by atoms with Gasteiger partial charge in [-0.05, 0) is 6.07 Å². The minimum Gasteiger partial charge on any atom is -0.390 e. The second kappa shape index (κ2) is 2.95. The summed E-state index contributed by atoms with van der Waals surface area (Å²) in [6.45, 7) is 6.52. The first-order valence-corrected chi connectivity index (χ1v) is 2.80. The van der Waals surface area contributed by atoms with Gasteiger partial charge < -0.3 is 5.11 Å². The molecule has 10 heavy (non-hydrogen) atoms. The molecule has 0 fully saturated rings. The third-order valence-corrected chi connectivity index (χ3v) is 1.10. The quantitative estimate of drug-likeness (QED) is 0.584. The van der Waals surface area contributed by atoms with Crippen LogP contribution in [0.25, 0.3) is 4.85 Å². The zero-order valence-corrected chi connectivity index (χ0v) is 5.28. The maximum Gasteiger partial charge on any atom is 0.205 e. The van der Waals surface area contributed by atoms with Crippen LogP contribution in [-0.4, -0.2) is 10.1 Å². The summed E-state index contributed by atoms with van der Waals surface area (Å²) < 4.78 is 0. The number of pyridine rings is 1. The maximum atomic E-state index is 8.56. The molecular weight excluding hydrogens is 128 g/mol. The molecular formula is C7H6N2O. The van der Waals surface area contributed by atoms with Crippen LogP contribution in [0, 0.1) is 6.57 Å². The van der Waals surface area contributed by atoms with Crippen molar-refractivity contribution in [2.75, 3.05) is 0 Å². The molecule has 3 nitrogen and oxygen atoms in total. The van der Waals surface area contributed by atoms with Crippen molar-refractivity contribution in [3.8, 4) is 0 Å². The van der Waals surface area contributed by atoms with Gasteiger partial charge in [0.05, 0.1) is 18.9 Å². The summed E-state index contributed by atoms with van der Waals surface area (Å²) >= 11 is 0. The lowest BCUT2D eigenvalue weighted by atomic mass is 10.3. The lowest BCUT2D eigenvalue weighted by molar-refractivity contribution is 0.277. The summed E-state index contributed by atoms with van der Waals surface area (Å²) in [7, 11) is 0. The smallest absolute Gasteiger partial charge is 0.205 e. The minimum absolute atomic E-state index is 0.0712. The van der Waals surface area contributed by atoms with E-state index in [1.54, 1.807) is 12.1 Å². The molecule has 1 heterocycles. The standard InChI is InChI=1S/C7H6N2O/c1-8-6-2-3-7(5-10)9-4-6/h2-4,10H,5H2. The van der Waals surface area contributed by atoms with Crippen LogP contribution in [0.5, 0.6) is 0 Å². The molecule has 0 bridgehead atoms. The number of aromatic nitrogens is 1. The molecule has 0 saturated heterocycles. The molecule has 0 aliphatic carbocycles. The normalized spacial score (nSPS) is 8.80. The first-order valence-electron chi connectivity index (χ1n) is 2.80. The monoisotopic (exact) mass is 134 g/mol. The summed E-state index contributed by atoms with van der Waals surface area (Å²) in [6.07, 6.45) is 1.44. The Hall–Kier alpha value is -1.40. The molecule has 0 aliphatic heterocycles. The number of aliphatic hydroxyl groups is 1. The van der Waals surface area contributed by atoms with Crippen molar-refractivity contribution < 1.29 is 5.11 Å². The zero-order valence-electron chi connectivity index (χ0n) is 5.28. The molecule has 1 N–H and O–H groups in total. The SMILES string of the molecule is [C-]#[N+]c1ccc(CO)nc1. The number of hydrogen-bond acceptors (Lipinski definition) is 2. The highest BCUT2D eigenvalue weighted by Gasteiger charge is 1.91. The summed E-state index contributed by atoms with van der Waals surface area (Å²) in [5, 5.41) is 8.56. The summed E-state index contributed by atoms with van der Waals surface area (Å²) in [4.78, 5) is 6.96. The van der Waals surface area contributed by atoms with Gasteiger partial charge in [0.25, 0.3) is 0 Å². The molecule has 3 heteroatoms. The third-order valence-electron chi connectivity index (χ3n) is 1.10. The number of hydrogen-bond donors (Lipinski definition) is 1. The van der Waals surface area contributed by atoms with Crippen molar-refractivity contribution in [3.63, 3.8) is 0 Å².